The van der Waals surface area contributed by atoms with E-state index in [1.54, 1.807) is 7.11 Å². The molecule has 0 aromatic carbocycles. The SMILES string of the molecule is COCC(N)c1noc(-c2ccc(C)nc2C)n1. The molecule has 0 saturated carbocycles. The van der Waals surface area contributed by atoms with E-state index in [9.17, 15) is 0 Å². The summed E-state index contributed by atoms with van der Waals surface area (Å²) >= 11 is 0. The molecule has 0 amide bonds. The van der Waals surface area contributed by atoms with Crippen LogP contribution >= 0.6 is 0 Å². The van der Waals surface area contributed by atoms with E-state index >= 15 is 0 Å². The zero-order valence-corrected chi connectivity index (χ0v) is 10.7. The van der Waals surface area contributed by atoms with E-state index in [2.05, 4.69) is 15.1 Å². The highest BCUT2D eigenvalue weighted by Gasteiger charge is 2.16. The topological polar surface area (TPSA) is 87.1 Å². The Morgan fingerprint density at radius 2 is 2.11 bits per heavy atom. The van der Waals surface area contributed by atoms with Crippen molar-refractivity contribution in [1.29, 1.82) is 0 Å². The predicted molar refractivity (Wildman–Crippen MR) is 65.8 cm³/mol. The third kappa shape index (κ3) is 2.55. The first-order valence-corrected chi connectivity index (χ1v) is 5.64. The summed E-state index contributed by atoms with van der Waals surface area (Å²) in [5, 5.41) is 3.86. The molecule has 0 aliphatic carbocycles. The molecule has 0 aliphatic heterocycles. The Bertz CT molecular complexity index is 539. The lowest BCUT2D eigenvalue weighted by Crippen LogP contribution is -2.17. The second kappa shape index (κ2) is 5.24. The van der Waals surface area contributed by atoms with Gasteiger partial charge in [0.05, 0.1) is 23.9 Å². The fourth-order valence-corrected chi connectivity index (χ4v) is 1.66. The van der Waals surface area contributed by atoms with E-state index < -0.39 is 0 Å². The Morgan fingerprint density at radius 3 is 2.78 bits per heavy atom. The minimum Gasteiger partial charge on any atom is -0.383 e. The summed E-state index contributed by atoms with van der Waals surface area (Å²) in [6.45, 7) is 4.19. The first-order chi connectivity index (χ1) is 8.61. The van der Waals surface area contributed by atoms with Crippen LogP contribution in [0.5, 0.6) is 0 Å². The summed E-state index contributed by atoms with van der Waals surface area (Å²) in [5.74, 6) is 0.869. The molecule has 18 heavy (non-hydrogen) atoms. The van der Waals surface area contributed by atoms with Crippen molar-refractivity contribution in [1.82, 2.24) is 15.1 Å². The number of nitrogens with zero attached hydrogens (tertiary/aromatic N) is 3. The number of methoxy groups -OCH3 is 1. The van der Waals surface area contributed by atoms with Gasteiger partial charge in [0.25, 0.3) is 5.89 Å². The van der Waals surface area contributed by atoms with Gasteiger partial charge in [-0.2, -0.15) is 4.98 Å². The second-order valence-corrected chi connectivity index (χ2v) is 4.11. The van der Waals surface area contributed by atoms with Crippen LogP contribution in [0.25, 0.3) is 11.5 Å². The summed E-state index contributed by atoms with van der Waals surface area (Å²) in [6.07, 6.45) is 0. The molecule has 0 fully saturated rings. The van der Waals surface area contributed by atoms with Gasteiger partial charge >= 0.3 is 0 Å². The summed E-state index contributed by atoms with van der Waals surface area (Å²) in [7, 11) is 1.58. The van der Waals surface area contributed by atoms with Gasteiger partial charge in [0.15, 0.2) is 5.82 Å². The standard InChI is InChI=1S/C12H16N4O2/c1-7-4-5-9(8(2)14-7)12-15-11(16-18-12)10(13)6-17-3/h4-5,10H,6,13H2,1-3H3. The van der Waals surface area contributed by atoms with Gasteiger partial charge in [-0.15, -0.1) is 0 Å². The number of hydrogen-bond donors (Lipinski definition) is 1. The molecule has 0 saturated heterocycles. The van der Waals surface area contributed by atoms with Crippen molar-refractivity contribution in [3.8, 4) is 11.5 Å². The zero-order chi connectivity index (χ0) is 13.1. The van der Waals surface area contributed by atoms with Crippen LogP contribution in [-0.2, 0) is 4.74 Å². The molecule has 2 aromatic heterocycles. The molecule has 6 heteroatoms. The van der Waals surface area contributed by atoms with Gasteiger partial charge in [-0.3, -0.25) is 4.98 Å². The number of aromatic nitrogens is 3. The second-order valence-electron chi connectivity index (χ2n) is 4.11. The van der Waals surface area contributed by atoms with Crippen molar-refractivity contribution >= 4 is 0 Å². The quantitative estimate of drug-likeness (QED) is 0.879. The van der Waals surface area contributed by atoms with Crippen molar-refractivity contribution in [2.24, 2.45) is 5.73 Å². The van der Waals surface area contributed by atoms with Crippen LogP contribution in [0.3, 0.4) is 0 Å². The third-order valence-corrected chi connectivity index (χ3v) is 2.58. The van der Waals surface area contributed by atoms with Gasteiger partial charge in [0.2, 0.25) is 0 Å². The lowest BCUT2D eigenvalue weighted by molar-refractivity contribution is 0.177. The highest BCUT2D eigenvalue weighted by atomic mass is 16.5. The van der Waals surface area contributed by atoms with Crippen LogP contribution in [0.4, 0.5) is 0 Å². The van der Waals surface area contributed by atoms with E-state index in [1.165, 1.54) is 0 Å². The molecule has 2 rings (SSSR count). The van der Waals surface area contributed by atoms with E-state index in [0.717, 1.165) is 17.0 Å². The molecular weight excluding hydrogens is 232 g/mol. The molecule has 0 aliphatic rings. The molecule has 1 unspecified atom stereocenters. The first kappa shape index (κ1) is 12.7. The van der Waals surface area contributed by atoms with Crippen molar-refractivity contribution < 1.29 is 9.26 Å². The van der Waals surface area contributed by atoms with Gasteiger partial charge < -0.3 is 15.0 Å². The molecule has 2 heterocycles. The van der Waals surface area contributed by atoms with Gasteiger partial charge in [-0.25, -0.2) is 0 Å². The van der Waals surface area contributed by atoms with Crippen molar-refractivity contribution in [2.75, 3.05) is 13.7 Å². The Morgan fingerprint density at radius 1 is 1.33 bits per heavy atom. The monoisotopic (exact) mass is 248 g/mol. The zero-order valence-electron chi connectivity index (χ0n) is 10.7. The van der Waals surface area contributed by atoms with Gasteiger partial charge in [0, 0.05) is 12.8 Å². The van der Waals surface area contributed by atoms with Crippen molar-refractivity contribution in [2.45, 2.75) is 19.9 Å². The van der Waals surface area contributed by atoms with Crippen molar-refractivity contribution in [3.05, 3.63) is 29.3 Å². The average molecular weight is 248 g/mol. The maximum absolute atomic E-state index is 5.83. The minimum absolute atomic E-state index is 0.351. The Balaban J connectivity index is 2.29. The molecule has 0 radical (unpaired) electrons. The van der Waals surface area contributed by atoms with Gasteiger partial charge in [-0.05, 0) is 26.0 Å². The van der Waals surface area contributed by atoms with Gasteiger partial charge in [-0.1, -0.05) is 5.16 Å². The smallest absolute Gasteiger partial charge is 0.259 e. The Kier molecular flexibility index (Phi) is 3.69. The summed E-state index contributed by atoms with van der Waals surface area (Å²) < 4.78 is 10.2. The molecule has 2 N–H and O–H groups in total. The molecule has 6 nitrogen and oxygen atoms in total. The molecule has 1 atom stereocenters. The maximum atomic E-state index is 5.83. The predicted octanol–water partition coefficient (Wildman–Crippen LogP) is 1.39. The number of ether oxygens (including phenoxy) is 1. The first-order valence-electron chi connectivity index (χ1n) is 5.64. The molecule has 2 aromatic rings. The number of aryl methyl sites for hydroxylation is 2. The number of hydrogen-bond acceptors (Lipinski definition) is 6. The van der Waals surface area contributed by atoms with Crippen molar-refractivity contribution in [3.63, 3.8) is 0 Å². The van der Waals surface area contributed by atoms with Crippen LogP contribution in [0.15, 0.2) is 16.7 Å². The molecule has 0 spiro atoms. The van der Waals surface area contributed by atoms with Crippen LogP contribution in [-0.4, -0.2) is 28.8 Å². The van der Waals surface area contributed by atoms with E-state index in [4.69, 9.17) is 15.0 Å². The number of pyridine rings is 1. The summed E-state index contributed by atoms with van der Waals surface area (Å²) in [5.41, 5.74) is 8.46. The van der Waals surface area contributed by atoms with Crippen LogP contribution in [0.1, 0.15) is 23.3 Å². The average Bonchev–Trinajstić information content (AvgIpc) is 2.78. The number of rotatable bonds is 4. The van der Waals surface area contributed by atoms with Crippen LogP contribution < -0.4 is 5.73 Å². The molecule has 0 bridgehead atoms. The largest absolute Gasteiger partial charge is 0.383 e. The fraction of sp³-hybridized carbons (Fsp3) is 0.417. The normalized spacial score (nSPS) is 12.7. The highest BCUT2D eigenvalue weighted by Crippen LogP contribution is 2.21. The van der Waals surface area contributed by atoms with E-state index in [1.807, 2.05) is 26.0 Å². The molecule has 96 valence electrons. The Hall–Kier alpha value is -1.79. The Labute approximate surface area is 105 Å². The molecular formula is C12H16N4O2. The summed E-state index contributed by atoms with van der Waals surface area (Å²) in [6, 6.07) is 3.43. The van der Waals surface area contributed by atoms with Crippen LogP contribution in [0.2, 0.25) is 0 Å². The summed E-state index contributed by atoms with van der Waals surface area (Å²) in [4.78, 5) is 8.62. The maximum Gasteiger partial charge on any atom is 0.259 e. The van der Waals surface area contributed by atoms with Crippen LogP contribution in [0, 0.1) is 13.8 Å². The van der Waals surface area contributed by atoms with E-state index in [-0.39, 0.29) is 6.04 Å². The fourth-order valence-electron chi connectivity index (χ4n) is 1.66. The number of nitrogens with two attached hydrogens (primary N) is 1. The lowest BCUT2D eigenvalue weighted by Gasteiger charge is -2.03. The minimum atomic E-state index is -0.383. The van der Waals surface area contributed by atoms with Gasteiger partial charge in [0.1, 0.15) is 0 Å². The van der Waals surface area contributed by atoms with E-state index in [0.29, 0.717) is 18.3 Å². The third-order valence-electron chi connectivity index (χ3n) is 2.58. The lowest BCUT2D eigenvalue weighted by atomic mass is 10.2. The highest BCUT2D eigenvalue weighted by molar-refractivity contribution is 5.55.